The predicted molar refractivity (Wildman–Crippen MR) is 79.2 cm³/mol. The zero-order chi connectivity index (χ0) is 13.3. The van der Waals surface area contributed by atoms with Gasteiger partial charge in [0.15, 0.2) is 0 Å². The lowest BCUT2D eigenvalue weighted by molar-refractivity contribution is 0.277. The number of ether oxygens (including phenoxy) is 1. The molecular formula is C14H21BN2O. The van der Waals surface area contributed by atoms with E-state index in [1.54, 1.807) is 7.11 Å². The molecular weight excluding hydrogens is 223 g/mol. The largest absolute Gasteiger partial charge is 0.497 e. The lowest BCUT2D eigenvalue weighted by atomic mass is 9.89. The second-order valence-electron chi connectivity index (χ2n) is 5.09. The Morgan fingerprint density at radius 1 is 1.28 bits per heavy atom. The maximum atomic E-state index is 5.26. The van der Waals surface area contributed by atoms with Gasteiger partial charge in [0.2, 0.25) is 0 Å². The Hall–Kier alpha value is -1.42. The SMILES string of the molecule is B[C@@H]([C@@H](C)N(C)C)n1ccc2cc(OC)ccc21. The molecule has 1 heterocycles. The predicted octanol–water partition coefficient (Wildman–Crippen LogP) is 1.73. The third-order valence-corrected chi connectivity index (χ3v) is 3.88. The summed E-state index contributed by atoms with van der Waals surface area (Å²) in [7, 11) is 8.20. The van der Waals surface area contributed by atoms with Gasteiger partial charge in [-0.25, -0.2) is 0 Å². The average molecular weight is 244 g/mol. The molecule has 0 amide bonds. The minimum Gasteiger partial charge on any atom is -0.497 e. The van der Waals surface area contributed by atoms with E-state index in [0.717, 1.165) is 5.75 Å². The van der Waals surface area contributed by atoms with Crippen LogP contribution in [0.15, 0.2) is 30.5 Å². The maximum Gasteiger partial charge on any atom is 0.133 e. The van der Waals surface area contributed by atoms with Gasteiger partial charge in [0, 0.05) is 29.1 Å². The monoisotopic (exact) mass is 244 g/mol. The van der Waals surface area contributed by atoms with Crippen LogP contribution >= 0.6 is 0 Å². The molecule has 18 heavy (non-hydrogen) atoms. The van der Waals surface area contributed by atoms with Crippen molar-refractivity contribution in [1.29, 1.82) is 0 Å². The van der Waals surface area contributed by atoms with Crippen molar-refractivity contribution in [2.45, 2.75) is 18.9 Å². The second kappa shape index (κ2) is 5.06. The van der Waals surface area contributed by atoms with Crippen LogP contribution in [0.4, 0.5) is 0 Å². The highest BCUT2D eigenvalue weighted by Gasteiger charge is 2.17. The normalized spacial score (nSPS) is 14.9. The smallest absolute Gasteiger partial charge is 0.133 e. The quantitative estimate of drug-likeness (QED) is 0.762. The van der Waals surface area contributed by atoms with Crippen LogP contribution in [0.2, 0.25) is 0 Å². The maximum absolute atomic E-state index is 5.26. The van der Waals surface area contributed by atoms with Crippen LogP contribution < -0.4 is 4.74 Å². The van der Waals surface area contributed by atoms with Gasteiger partial charge in [-0.1, -0.05) is 0 Å². The van der Waals surface area contributed by atoms with E-state index in [1.165, 1.54) is 10.9 Å². The molecule has 1 aromatic heterocycles. The molecule has 0 unspecified atom stereocenters. The van der Waals surface area contributed by atoms with E-state index in [4.69, 9.17) is 4.74 Å². The van der Waals surface area contributed by atoms with Gasteiger partial charge in [-0.2, -0.15) is 0 Å². The lowest BCUT2D eigenvalue weighted by Crippen LogP contribution is -2.34. The highest BCUT2D eigenvalue weighted by molar-refractivity contribution is 6.11. The van der Waals surface area contributed by atoms with Crippen LogP contribution in [0.3, 0.4) is 0 Å². The van der Waals surface area contributed by atoms with Gasteiger partial charge in [0.25, 0.3) is 0 Å². The fraction of sp³-hybridized carbons (Fsp3) is 0.429. The van der Waals surface area contributed by atoms with Crippen LogP contribution in [0.1, 0.15) is 12.9 Å². The molecule has 1 aromatic carbocycles. The Bertz CT molecular complexity index is 536. The van der Waals surface area contributed by atoms with Gasteiger partial charge < -0.3 is 14.2 Å². The summed E-state index contributed by atoms with van der Waals surface area (Å²) in [6, 6.07) is 8.87. The molecule has 0 saturated heterocycles. The number of benzene rings is 1. The van der Waals surface area contributed by atoms with Crippen LogP contribution in [0, 0.1) is 0 Å². The summed E-state index contributed by atoms with van der Waals surface area (Å²) < 4.78 is 7.59. The van der Waals surface area contributed by atoms with E-state index in [1.807, 2.05) is 6.07 Å². The number of fused-ring (bicyclic) bond motifs is 1. The zero-order valence-corrected chi connectivity index (χ0v) is 11.8. The topological polar surface area (TPSA) is 17.4 Å². The molecule has 0 aliphatic rings. The van der Waals surface area contributed by atoms with Crippen LogP contribution in [-0.2, 0) is 0 Å². The minimum atomic E-state index is 0.436. The van der Waals surface area contributed by atoms with Crippen LogP contribution in [-0.4, -0.2) is 44.6 Å². The molecule has 0 bridgehead atoms. The fourth-order valence-electron chi connectivity index (χ4n) is 2.29. The van der Waals surface area contributed by atoms with Crippen molar-refractivity contribution in [2.75, 3.05) is 21.2 Å². The second-order valence-corrected chi connectivity index (χ2v) is 5.09. The Morgan fingerprint density at radius 2 is 2.00 bits per heavy atom. The van der Waals surface area contributed by atoms with Crippen molar-refractivity contribution in [3.05, 3.63) is 30.5 Å². The molecule has 0 saturated carbocycles. The average Bonchev–Trinajstić information content (AvgIpc) is 2.79. The summed E-state index contributed by atoms with van der Waals surface area (Å²) in [5.74, 6) is 1.35. The van der Waals surface area contributed by atoms with Gasteiger partial charge in [0.1, 0.15) is 13.6 Å². The molecule has 0 fully saturated rings. The highest BCUT2D eigenvalue weighted by Crippen LogP contribution is 2.25. The number of rotatable bonds is 4. The van der Waals surface area contributed by atoms with Crippen LogP contribution in [0.5, 0.6) is 5.75 Å². The summed E-state index contributed by atoms with van der Waals surface area (Å²) in [5.41, 5.74) is 1.26. The van der Waals surface area contributed by atoms with Crippen molar-refractivity contribution >= 4 is 18.7 Å². The third-order valence-electron chi connectivity index (χ3n) is 3.88. The van der Waals surface area contributed by atoms with E-state index < -0.39 is 0 Å². The molecule has 96 valence electrons. The molecule has 0 N–H and O–H groups in total. The minimum absolute atomic E-state index is 0.436. The Labute approximate surface area is 110 Å². The summed E-state index contributed by atoms with van der Waals surface area (Å²) in [6.07, 6.45) is 2.16. The fourth-order valence-corrected chi connectivity index (χ4v) is 2.29. The number of aromatic nitrogens is 1. The van der Waals surface area contributed by atoms with Gasteiger partial charge in [-0.05, 0) is 45.3 Å². The first-order valence-electron chi connectivity index (χ1n) is 6.35. The molecule has 0 aliphatic heterocycles. The van der Waals surface area contributed by atoms with Gasteiger partial charge in [0.05, 0.1) is 7.11 Å². The van der Waals surface area contributed by atoms with Crippen molar-refractivity contribution in [1.82, 2.24) is 9.47 Å². The molecule has 0 spiro atoms. The molecule has 4 heteroatoms. The summed E-state index contributed by atoms with van der Waals surface area (Å²) in [4.78, 5) is 2.25. The molecule has 2 atom stereocenters. The van der Waals surface area contributed by atoms with Crippen molar-refractivity contribution < 1.29 is 4.74 Å². The van der Waals surface area contributed by atoms with E-state index in [9.17, 15) is 0 Å². The van der Waals surface area contributed by atoms with E-state index >= 15 is 0 Å². The summed E-state index contributed by atoms with van der Waals surface area (Å²) in [6.45, 7) is 2.25. The van der Waals surface area contributed by atoms with E-state index in [2.05, 4.69) is 62.7 Å². The summed E-state index contributed by atoms with van der Waals surface area (Å²) in [5, 5.41) is 1.23. The molecule has 2 rings (SSSR count). The summed E-state index contributed by atoms with van der Waals surface area (Å²) >= 11 is 0. The number of nitrogens with zero attached hydrogens (tertiary/aromatic N) is 2. The van der Waals surface area contributed by atoms with Gasteiger partial charge >= 0.3 is 0 Å². The number of methoxy groups -OCH3 is 1. The first-order valence-corrected chi connectivity index (χ1v) is 6.35. The van der Waals surface area contributed by atoms with Gasteiger partial charge in [-0.3, -0.25) is 0 Å². The number of hydrogen-bond acceptors (Lipinski definition) is 2. The Morgan fingerprint density at radius 3 is 2.61 bits per heavy atom. The highest BCUT2D eigenvalue weighted by atomic mass is 16.5. The molecule has 3 nitrogen and oxygen atoms in total. The number of likely N-dealkylation sites (N-methyl/N-ethyl adjacent to an activating group) is 1. The standard InChI is InChI=1S/C14H21BN2O/c1-10(16(2)3)14(15)17-8-7-11-9-12(18-4)5-6-13(11)17/h5-10,14H,15H2,1-4H3/t10-,14-/m1/s1. The van der Waals surface area contributed by atoms with Gasteiger partial charge in [-0.15, -0.1) is 0 Å². The molecule has 0 radical (unpaired) electrons. The van der Waals surface area contributed by atoms with Crippen molar-refractivity contribution in [3.8, 4) is 5.75 Å². The first-order chi connectivity index (χ1) is 8.54. The van der Waals surface area contributed by atoms with Crippen LogP contribution in [0.25, 0.3) is 10.9 Å². The number of hydrogen-bond donors (Lipinski definition) is 0. The lowest BCUT2D eigenvalue weighted by Gasteiger charge is -2.28. The Balaban J connectivity index is 2.40. The zero-order valence-electron chi connectivity index (χ0n) is 11.8. The third kappa shape index (κ3) is 2.25. The van der Waals surface area contributed by atoms with Crippen molar-refractivity contribution in [2.24, 2.45) is 0 Å². The molecule has 0 aliphatic carbocycles. The van der Waals surface area contributed by atoms with E-state index in [0.29, 0.717) is 12.0 Å². The first kappa shape index (κ1) is 13.0. The van der Waals surface area contributed by atoms with Crippen molar-refractivity contribution in [3.63, 3.8) is 0 Å². The van der Waals surface area contributed by atoms with E-state index in [-0.39, 0.29) is 0 Å². The Kier molecular flexibility index (Phi) is 3.67. The molecule has 2 aromatic rings.